The summed E-state index contributed by atoms with van der Waals surface area (Å²) in [4.78, 5) is 10.9. The molecule has 3 rings (SSSR count). The van der Waals surface area contributed by atoms with Crippen molar-refractivity contribution in [2.75, 3.05) is 11.9 Å². The molecule has 0 saturated carbocycles. The van der Waals surface area contributed by atoms with Crippen LogP contribution in [0.4, 0.5) is 5.82 Å². The van der Waals surface area contributed by atoms with Crippen molar-refractivity contribution < 1.29 is 0 Å². The lowest BCUT2D eigenvalue weighted by molar-refractivity contribution is 0.144. The molecule has 1 fully saturated rings. The molecule has 1 N–H and O–H groups in total. The van der Waals surface area contributed by atoms with Crippen LogP contribution in [0.3, 0.4) is 0 Å². The van der Waals surface area contributed by atoms with E-state index in [-0.39, 0.29) is 0 Å². The van der Waals surface area contributed by atoms with Gasteiger partial charge in [-0.1, -0.05) is 41.9 Å². The molecule has 2 unspecified atom stereocenters. The highest BCUT2D eigenvalue weighted by atomic mass is 35.5. The van der Waals surface area contributed by atoms with E-state index in [0.717, 1.165) is 25.9 Å². The third-order valence-corrected chi connectivity index (χ3v) is 4.51. The summed E-state index contributed by atoms with van der Waals surface area (Å²) in [6.07, 6.45) is 5.45. The summed E-state index contributed by atoms with van der Waals surface area (Å²) in [6, 6.07) is 11.6. The van der Waals surface area contributed by atoms with Crippen molar-refractivity contribution in [2.24, 2.45) is 0 Å². The molecule has 1 aliphatic rings. The molecular weight excluding hydrogens is 296 g/mol. The molecule has 2 atom stereocenters. The average molecular weight is 317 g/mol. The van der Waals surface area contributed by atoms with Crippen LogP contribution in [-0.4, -0.2) is 33.5 Å². The minimum absolute atomic E-state index is 0.399. The number of nitrogens with zero attached hydrogens (tertiary/aromatic N) is 3. The molecular formula is C17H21ClN4. The third-order valence-electron chi connectivity index (χ3n) is 4.24. The van der Waals surface area contributed by atoms with E-state index in [0.29, 0.717) is 23.1 Å². The van der Waals surface area contributed by atoms with Crippen LogP contribution in [0.2, 0.25) is 5.15 Å². The van der Waals surface area contributed by atoms with E-state index < -0.39 is 0 Å². The van der Waals surface area contributed by atoms with Crippen molar-refractivity contribution in [3.05, 3.63) is 53.4 Å². The van der Waals surface area contributed by atoms with Gasteiger partial charge in [-0.25, -0.2) is 9.97 Å². The molecule has 0 amide bonds. The number of likely N-dealkylation sites (tertiary alicyclic amines) is 1. The van der Waals surface area contributed by atoms with E-state index in [4.69, 9.17) is 11.6 Å². The number of nitrogens with one attached hydrogen (secondary N) is 1. The molecule has 4 nitrogen and oxygen atoms in total. The Hall–Kier alpha value is -1.65. The fourth-order valence-electron chi connectivity index (χ4n) is 3.02. The first-order valence-corrected chi connectivity index (χ1v) is 8.11. The Morgan fingerprint density at radius 3 is 2.73 bits per heavy atom. The molecule has 1 aromatic carbocycles. The summed E-state index contributed by atoms with van der Waals surface area (Å²) in [5, 5.41) is 3.88. The van der Waals surface area contributed by atoms with Gasteiger partial charge in [-0.3, -0.25) is 4.90 Å². The summed E-state index contributed by atoms with van der Waals surface area (Å²) < 4.78 is 0. The predicted molar refractivity (Wildman–Crippen MR) is 90.0 cm³/mol. The Labute approximate surface area is 136 Å². The number of hydrogen-bond acceptors (Lipinski definition) is 4. The zero-order valence-corrected chi connectivity index (χ0v) is 13.5. The maximum atomic E-state index is 6.07. The fourth-order valence-corrected chi connectivity index (χ4v) is 3.18. The molecule has 0 spiro atoms. The SMILES string of the molecule is CC1CC(Nc2nccnc2Cl)CCN1Cc1ccccc1. The fraction of sp³-hybridized carbons (Fsp3) is 0.412. The van der Waals surface area contributed by atoms with E-state index in [1.807, 2.05) is 0 Å². The second kappa shape index (κ2) is 7.07. The second-order valence-electron chi connectivity index (χ2n) is 5.87. The molecule has 1 aliphatic heterocycles. The first-order chi connectivity index (χ1) is 10.7. The summed E-state index contributed by atoms with van der Waals surface area (Å²) in [5.41, 5.74) is 1.37. The summed E-state index contributed by atoms with van der Waals surface area (Å²) in [6.45, 7) is 4.38. The maximum absolute atomic E-state index is 6.07. The van der Waals surface area contributed by atoms with Gasteiger partial charge < -0.3 is 5.32 Å². The van der Waals surface area contributed by atoms with Gasteiger partial charge in [0, 0.05) is 37.6 Å². The Morgan fingerprint density at radius 2 is 2.00 bits per heavy atom. The van der Waals surface area contributed by atoms with Crippen LogP contribution < -0.4 is 5.32 Å². The topological polar surface area (TPSA) is 41.1 Å². The number of rotatable bonds is 4. The highest BCUT2D eigenvalue weighted by molar-refractivity contribution is 6.31. The van der Waals surface area contributed by atoms with Crippen molar-refractivity contribution in [2.45, 2.75) is 38.4 Å². The van der Waals surface area contributed by atoms with Crippen molar-refractivity contribution in [1.29, 1.82) is 0 Å². The highest BCUT2D eigenvalue weighted by Crippen LogP contribution is 2.24. The monoisotopic (exact) mass is 316 g/mol. The van der Waals surface area contributed by atoms with Crippen molar-refractivity contribution in [3.8, 4) is 0 Å². The van der Waals surface area contributed by atoms with E-state index >= 15 is 0 Å². The Kier molecular flexibility index (Phi) is 4.90. The third kappa shape index (κ3) is 3.76. The van der Waals surface area contributed by atoms with E-state index in [9.17, 15) is 0 Å². The summed E-state index contributed by atoms with van der Waals surface area (Å²) in [7, 11) is 0. The van der Waals surface area contributed by atoms with E-state index in [1.165, 1.54) is 5.56 Å². The molecule has 1 aromatic heterocycles. The number of aromatic nitrogens is 2. The van der Waals surface area contributed by atoms with Gasteiger partial charge in [0.15, 0.2) is 11.0 Å². The van der Waals surface area contributed by atoms with Gasteiger partial charge in [-0.05, 0) is 25.3 Å². The zero-order chi connectivity index (χ0) is 15.4. The smallest absolute Gasteiger partial charge is 0.171 e. The van der Waals surface area contributed by atoms with Crippen LogP contribution in [0.15, 0.2) is 42.7 Å². The first-order valence-electron chi connectivity index (χ1n) is 7.73. The number of anilines is 1. The van der Waals surface area contributed by atoms with Gasteiger partial charge in [0.25, 0.3) is 0 Å². The zero-order valence-electron chi connectivity index (χ0n) is 12.7. The Bertz CT molecular complexity index is 605. The molecule has 116 valence electrons. The largest absolute Gasteiger partial charge is 0.365 e. The van der Waals surface area contributed by atoms with E-state index in [1.54, 1.807) is 12.4 Å². The van der Waals surface area contributed by atoms with Crippen molar-refractivity contribution in [3.63, 3.8) is 0 Å². The number of piperidine rings is 1. The van der Waals surface area contributed by atoms with Crippen LogP contribution in [-0.2, 0) is 6.54 Å². The van der Waals surface area contributed by atoms with Gasteiger partial charge in [0.2, 0.25) is 0 Å². The van der Waals surface area contributed by atoms with Gasteiger partial charge in [-0.15, -0.1) is 0 Å². The highest BCUT2D eigenvalue weighted by Gasteiger charge is 2.26. The molecule has 0 bridgehead atoms. The minimum atomic E-state index is 0.399. The average Bonchev–Trinajstić information content (AvgIpc) is 2.53. The standard InChI is InChI=1S/C17H21ClN4/c1-13-11-15(21-17-16(18)19-8-9-20-17)7-10-22(13)12-14-5-3-2-4-6-14/h2-6,8-9,13,15H,7,10-12H2,1H3,(H,20,21). The quantitative estimate of drug-likeness (QED) is 0.936. The van der Waals surface area contributed by atoms with Crippen LogP contribution >= 0.6 is 11.6 Å². The molecule has 1 saturated heterocycles. The lowest BCUT2D eigenvalue weighted by atomic mass is 9.97. The molecule has 2 aromatic rings. The van der Waals surface area contributed by atoms with E-state index in [2.05, 4.69) is 57.4 Å². The summed E-state index contributed by atoms with van der Waals surface area (Å²) in [5.74, 6) is 0.692. The van der Waals surface area contributed by atoms with Crippen molar-refractivity contribution in [1.82, 2.24) is 14.9 Å². The number of halogens is 1. The lowest BCUT2D eigenvalue weighted by Gasteiger charge is -2.38. The van der Waals surface area contributed by atoms with Gasteiger partial charge in [0.05, 0.1) is 0 Å². The molecule has 0 aliphatic carbocycles. The molecule has 5 heteroatoms. The van der Waals surface area contributed by atoms with Gasteiger partial charge >= 0.3 is 0 Å². The Balaban J connectivity index is 1.57. The predicted octanol–water partition coefficient (Wildman–Crippen LogP) is 3.60. The van der Waals surface area contributed by atoms with Crippen molar-refractivity contribution >= 4 is 17.4 Å². The molecule has 2 heterocycles. The summed E-state index contributed by atoms with van der Waals surface area (Å²) >= 11 is 6.07. The van der Waals surface area contributed by atoms with Crippen LogP contribution in [0, 0.1) is 0 Å². The molecule has 0 radical (unpaired) electrons. The Morgan fingerprint density at radius 1 is 1.23 bits per heavy atom. The number of hydrogen-bond donors (Lipinski definition) is 1. The number of benzene rings is 1. The van der Waals surface area contributed by atoms with Crippen LogP contribution in [0.1, 0.15) is 25.3 Å². The van der Waals surface area contributed by atoms with Crippen LogP contribution in [0.5, 0.6) is 0 Å². The lowest BCUT2D eigenvalue weighted by Crippen LogP contribution is -2.44. The normalized spacial score (nSPS) is 22.5. The first kappa shape index (κ1) is 15.3. The second-order valence-corrected chi connectivity index (χ2v) is 6.22. The van der Waals surface area contributed by atoms with Gasteiger partial charge in [0.1, 0.15) is 0 Å². The molecule has 22 heavy (non-hydrogen) atoms. The van der Waals surface area contributed by atoms with Crippen LogP contribution in [0.25, 0.3) is 0 Å². The maximum Gasteiger partial charge on any atom is 0.171 e. The minimum Gasteiger partial charge on any atom is -0.365 e. The van der Waals surface area contributed by atoms with Gasteiger partial charge in [-0.2, -0.15) is 0 Å².